The number of rotatable bonds is 4. The lowest BCUT2D eigenvalue weighted by Crippen LogP contribution is -2.36. The summed E-state index contributed by atoms with van der Waals surface area (Å²) in [5.41, 5.74) is 2.59. The molecule has 27 heavy (non-hydrogen) atoms. The molecule has 3 heterocycles. The number of methoxy groups -OCH3 is 2. The predicted molar refractivity (Wildman–Crippen MR) is 107 cm³/mol. The molecule has 6 nitrogen and oxygen atoms in total. The average Bonchev–Trinajstić information content (AvgIpc) is 2.72. The van der Waals surface area contributed by atoms with Crippen LogP contribution < -0.4 is 19.3 Å². The smallest absolute Gasteiger partial charge is 0.227 e. The maximum atomic E-state index is 5.48. The van der Waals surface area contributed by atoms with E-state index in [-0.39, 0.29) is 0 Å². The molecular formula is C21H28N4O2. The third kappa shape index (κ3) is 3.66. The van der Waals surface area contributed by atoms with Gasteiger partial charge in [0.1, 0.15) is 5.82 Å². The minimum atomic E-state index is 0.704. The van der Waals surface area contributed by atoms with E-state index in [1.165, 1.54) is 24.0 Å². The van der Waals surface area contributed by atoms with Gasteiger partial charge in [-0.1, -0.05) is 6.92 Å². The molecule has 2 aliphatic rings. The van der Waals surface area contributed by atoms with Crippen LogP contribution in [0.4, 0.5) is 11.8 Å². The first-order valence-electron chi connectivity index (χ1n) is 9.74. The van der Waals surface area contributed by atoms with E-state index in [4.69, 9.17) is 14.5 Å². The van der Waals surface area contributed by atoms with Crippen LogP contribution in [0.5, 0.6) is 11.5 Å². The Hall–Kier alpha value is -2.50. The number of ether oxygens (including phenoxy) is 2. The van der Waals surface area contributed by atoms with E-state index in [0.717, 1.165) is 55.9 Å². The van der Waals surface area contributed by atoms with Crippen molar-refractivity contribution in [2.24, 2.45) is 5.92 Å². The molecule has 2 aromatic rings. The molecule has 0 aliphatic carbocycles. The van der Waals surface area contributed by atoms with E-state index < -0.39 is 0 Å². The standard InChI is InChI=1S/C21H28N4O2/c1-15-5-4-9-25(13-15)21-22-8-6-20(23-21)24-10-7-16-11-18(26-2)19(27-3)12-17(16)14-24/h6,8,11-12,15H,4-5,7,9-10,13-14H2,1-3H3. The summed E-state index contributed by atoms with van der Waals surface area (Å²) in [6.45, 7) is 6.16. The van der Waals surface area contributed by atoms with Gasteiger partial charge in [0.15, 0.2) is 11.5 Å². The molecule has 1 aromatic heterocycles. The molecule has 6 heteroatoms. The zero-order chi connectivity index (χ0) is 18.8. The van der Waals surface area contributed by atoms with Crippen molar-refractivity contribution >= 4 is 11.8 Å². The number of aromatic nitrogens is 2. The summed E-state index contributed by atoms with van der Waals surface area (Å²) in [6.07, 6.45) is 5.37. The van der Waals surface area contributed by atoms with Crippen LogP contribution >= 0.6 is 0 Å². The van der Waals surface area contributed by atoms with Crippen LogP contribution in [0, 0.1) is 5.92 Å². The maximum Gasteiger partial charge on any atom is 0.227 e. The van der Waals surface area contributed by atoms with Crippen LogP contribution in [0.2, 0.25) is 0 Å². The first-order chi connectivity index (χ1) is 13.2. The van der Waals surface area contributed by atoms with E-state index in [2.05, 4.69) is 33.8 Å². The molecule has 0 bridgehead atoms. The molecule has 1 saturated heterocycles. The maximum absolute atomic E-state index is 5.48. The summed E-state index contributed by atoms with van der Waals surface area (Å²) in [7, 11) is 3.37. The average molecular weight is 368 g/mol. The highest BCUT2D eigenvalue weighted by Gasteiger charge is 2.23. The van der Waals surface area contributed by atoms with Crippen LogP contribution in [0.15, 0.2) is 24.4 Å². The molecule has 0 saturated carbocycles. The second-order valence-corrected chi connectivity index (χ2v) is 7.56. The van der Waals surface area contributed by atoms with Crippen molar-refractivity contribution in [1.82, 2.24) is 9.97 Å². The van der Waals surface area contributed by atoms with Gasteiger partial charge in [0.25, 0.3) is 0 Å². The highest BCUT2D eigenvalue weighted by Crippen LogP contribution is 2.34. The quantitative estimate of drug-likeness (QED) is 0.825. The molecule has 0 amide bonds. The number of anilines is 2. The fourth-order valence-corrected chi connectivity index (χ4v) is 4.12. The summed E-state index contributed by atoms with van der Waals surface area (Å²) in [6, 6.07) is 6.21. The van der Waals surface area contributed by atoms with Crippen molar-refractivity contribution in [2.45, 2.75) is 32.7 Å². The predicted octanol–water partition coefficient (Wildman–Crippen LogP) is 3.29. The fraction of sp³-hybridized carbons (Fsp3) is 0.524. The molecule has 144 valence electrons. The van der Waals surface area contributed by atoms with Crippen LogP contribution in [-0.4, -0.2) is 43.8 Å². The van der Waals surface area contributed by atoms with Gasteiger partial charge in [-0.25, -0.2) is 4.98 Å². The van der Waals surface area contributed by atoms with Crippen LogP contribution in [-0.2, 0) is 13.0 Å². The zero-order valence-electron chi connectivity index (χ0n) is 16.4. The van der Waals surface area contributed by atoms with Gasteiger partial charge in [-0.15, -0.1) is 0 Å². The van der Waals surface area contributed by atoms with Crippen LogP contribution in [0.3, 0.4) is 0 Å². The normalized spacial score (nSPS) is 19.6. The van der Waals surface area contributed by atoms with E-state index in [1.807, 2.05) is 12.3 Å². The Labute approximate surface area is 161 Å². The Morgan fingerprint density at radius 1 is 1.04 bits per heavy atom. The molecule has 0 N–H and O–H groups in total. The van der Waals surface area contributed by atoms with Crippen LogP contribution in [0.1, 0.15) is 30.9 Å². The number of fused-ring (bicyclic) bond motifs is 1. The molecule has 0 radical (unpaired) electrons. The number of nitrogens with zero attached hydrogens (tertiary/aromatic N) is 4. The summed E-state index contributed by atoms with van der Waals surface area (Å²) >= 11 is 0. The third-order valence-corrected chi connectivity index (χ3v) is 5.61. The second kappa shape index (κ2) is 7.62. The molecule has 1 unspecified atom stereocenters. The molecule has 1 aromatic carbocycles. The van der Waals surface area contributed by atoms with Gasteiger partial charge in [-0.3, -0.25) is 0 Å². The lowest BCUT2D eigenvalue weighted by atomic mass is 9.99. The number of piperidine rings is 1. The highest BCUT2D eigenvalue weighted by molar-refractivity contribution is 5.52. The molecule has 1 atom stereocenters. The van der Waals surface area contributed by atoms with E-state index >= 15 is 0 Å². The summed E-state index contributed by atoms with van der Waals surface area (Å²) in [5, 5.41) is 0. The molecular weight excluding hydrogens is 340 g/mol. The molecule has 4 rings (SSSR count). The summed E-state index contributed by atoms with van der Waals surface area (Å²) < 4.78 is 10.9. The van der Waals surface area contributed by atoms with E-state index in [9.17, 15) is 0 Å². The Morgan fingerprint density at radius 2 is 1.81 bits per heavy atom. The summed E-state index contributed by atoms with van der Waals surface area (Å²) in [5.74, 6) is 4.14. The molecule has 2 aliphatic heterocycles. The fourth-order valence-electron chi connectivity index (χ4n) is 4.12. The lowest BCUT2D eigenvalue weighted by Gasteiger charge is -2.33. The Bertz CT molecular complexity index is 811. The van der Waals surface area contributed by atoms with Crippen molar-refractivity contribution in [3.8, 4) is 11.5 Å². The number of hydrogen-bond donors (Lipinski definition) is 0. The topological polar surface area (TPSA) is 50.7 Å². The third-order valence-electron chi connectivity index (χ3n) is 5.61. The van der Waals surface area contributed by atoms with Crippen molar-refractivity contribution in [3.63, 3.8) is 0 Å². The van der Waals surface area contributed by atoms with Gasteiger partial charge in [-0.05, 0) is 54.5 Å². The number of benzene rings is 1. The zero-order valence-corrected chi connectivity index (χ0v) is 16.4. The van der Waals surface area contributed by atoms with Gasteiger partial charge in [0.05, 0.1) is 14.2 Å². The lowest BCUT2D eigenvalue weighted by molar-refractivity contribution is 0.353. The van der Waals surface area contributed by atoms with E-state index in [1.54, 1.807) is 14.2 Å². The Balaban J connectivity index is 1.56. The largest absolute Gasteiger partial charge is 0.493 e. The monoisotopic (exact) mass is 368 g/mol. The van der Waals surface area contributed by atoms with Gasteiger partial charge in [-0.2, -0.15) is 4.98 Å². The highest BCUT2D eigenvalue weighted by atomic mass is 16.5. The van der Waals surface area contributed by atoms with Gasteiger partial charge < -0.3 is 19.3 Å². The van der Waals surface area contributed by atoms with Gasteiger partial charge in [0, 0.05) is 32.4 Å². The van der Waals surface area contributed by atoms with Gasteiger partial charge in [0.2, 0.25) is 5.95 Å². The Morgan fingerprint density at radius 3 is 2.56 bits per heavy atom. The minimum absolute atomic E-state index is 0.704. The Kier molecular flexibility index (Phi) is 5.05. The first-order valence-corrected chi connectivity index (χ1v) is 9.74. The van der Waals surface area contributed by atoms with Crippen LogP contribution in [0.25, 0.3) is 0 Å². The summed E-state index contributed by atoms with van der Waals surface area (Å²) in [4.78, 5) is 14.1. The van der Waals surface area contributed by atoms with Crippen molar-refractivity contribution in [3.05, 3.63) is 35.5 Å². The number of hydrogen-bond acceptors (Lipinski definition) is 6. The SMILES string of the molecule is COc1cc2c(cc1OC)CN(c1ccnc(N3CCCC(C)C3)n1)CC2. The van der Waals surface area contributed by atoms with Crippen molar-refractivity contribution in [1.29, 1.82) is 0 Å². The van der Waals surface area contributed by atoms with Crippen molar-refractivity contribution in [2.75, 3.05) is 43.7 Å². The van der Waals surface area contributed by atoms with Crippen molar-refractivity contribution < 1.29 is 9.47 Å². The van der Waals surface area contributed by atoms with Gasteiger partial charge >= 0.3 is 0 Å². The van der Waals surface area contributed by atoms with E-state index in [0.29, 0.717) is 5.92 Å². The molecule has 1 fully saturated rings. The molecule has 0 spiro atoms. The first kappa shape index (κ1) is 17.9. The minimum Gasteiger partial charge on any atom is -0.493 e. The second-order valence-electron chi connectivity index (χ2n) is 7.56.